The standard InChI is InChI=1S/C19H17N3O2S/c1-12-8-9-13(2)16(10-12)20-11-15-17(23)21-19(25)22(18(15)24)14-6-4-3-5-7-14/h3-11,15H,1-2H3,(H,21,23,25)/t15-/m1/s1. The van der Waals surface area contributed by atoms with E-state index in [2.05, 4.69) is 10.3 Å². The van der Waals surface area contributed by atoms with Crippen molar-refractivity contribution >= 4 is 46.7 Å². The first kappa shape index (κ1) is 17.0. The maximum atomic E-state index is 12.8. The molecular weight excluding hydrogens is 334 g/mol. The summed E-state index contributed by atoms with van der Waals surface area (Å²) in [5.41, 5.74) is 3.38. The first-order chi connectivity index (χ1) is 12.0. The molecule has 0 unspecified atom stereocenters. The van der Waals surface area contributed by atoms with Gasteiger partial charge in [0, 0.05) is 6.21 Å². The van der Waals surface area contributed by atoms with Crippen LogP contribution in [0.1, 0.15) is 11.1 Å². The van der Waals surface area contributed by atoms with Crippen LogP contribution in [-0.4, -0.2) is 23.1 Å². The van der Waals surface area contributed by atoms with E-state index in [0.29, 0.717) is 5.69 Å². The molecule has 0 spiro atoms. The van der Waals surface area contributed by atoms with Crippen molar-refractivity contribution in [3.05, 3.63) is 59.7 Å². The highest BCUT2D eigenvalue weighted by molar-refractivity contribution is 7.80. The predicted octanol–water partition coefficient (Wildman–Crippen LogP) is 3.07. The van der Waals surface area contributed by atoms with Gasteiger partial charge in [-0.25, -0.2) is 0 Å². The third-order valence-electron chi connectivity index (χ3n) is 3.94. The summed E-state index contributed by atoms with van der Waals surface area (Å²) < 4.78 is 0. The normalized spacial score (nSPS) is 17.9. The number of nitrogens with one attached hydrogen (secondary N) is 1. The number of amides is 2. The highest BCUT2D eigenvalue weighted by atomic mass is 32.1. The Kier molecular flexibility index (Phi) is 4.72. The molecule has 2 aromatic carbocycles. The molecular formula is C19H17N3O2S. The zero-order valence-electron chi connectivity index (χ0n) is 13.9. The van der Waals surface area contributed by atoms with Crippen LogP contribution in [0.3, 0.4) is 0 Å². The molecule has 1 aliphatic rings. The molecule has 0 radical (unpaired) electrons. The fourth-order valence-corrected chi connectivity index (χ4v) is 2.85. The number of thiocarbonyl (C=S) groups is 1. The fourth-order valence-electron chi connectivity index (χ4n) is 2.56. The molecule has 2 aromatic rings. The van der Waals surface area contributed by atoms with Gasteiger partial charge in [0.25, 0.3) is 5.91 Å². The summed E-state index contributed by atoms with van der Waals surface area (Å²) >= 11 is 5.16. The maximum Gasteiger partial charge on any atom is 0.251 e. The van der Waals surface area contributed by atoms with E-state index in [1.807, 2.05) is 38.1 Å². The van der Waals surface area contributed by atoms with Crippen LogP contribution in [0.25, 0.3) is 0 Å². The lowest BCUT2D eigenvalue weighted by Crippen LogP contribution is -2.58. The van der Waals surface area contributed by atoms with Crippen molar-refractivity contribution in [2.24, 2.45) is 10.9 Å². The highest BCUT2D eigenvalue weighted by Crippen LogP contribution is 2.22. The van der Waals surface area contributed by atoms with Crippen molar-refractivity contribution in [3.8, 4) is 0 Å². The van der Waals surface area contributed by atoms with Crippen molar-refractivity contribution in [3.63, 3.8) is 0 Å². The first-order valence-corrected chi connectivity index (χ1v) is 8.23. The monoisotopic (exact) mass is 351 g/mol. The predicted molar refractivity (Wildman–Crippen MR) is 102 cm³/mol. The molecule has 1 aliphatic heterocycles. The van der Waals surface area contributed by atoms with E-state index in [-0.39, 0.29) is 5.11 Å². The number of aryl methyl sites for hydroxylation is 2. The molecule has 1 fully saturated rings. The van der Waals surface area contributed by atoms with Crippen LogP contribution in [0, 0.1) is 19.8 Å². The van der Waals surface area contributed by atoms with E-state index in [0.717, 1.165) is 16.8 Å². The van der Waals surface area contributed by atoms with Gasteiger partial charge in [-0.3, -0.25) is 19.5 Å². The van der Waals surface area contributed by atoms with Crippen LogP contribution in [0.4, 0.5) is 11.4 Å². The molecule has 1 saturated heterocycles. The van der Waals surface area contributed by atoms with Gasteiger partial charge in [0.05, 0.1) is 11.4 Å². The van der Waals surface area contributed by atoms with Crippen LogP contribution < -0.4 is 10.2 Å². The van der Waals surface area contributed by atoms with Gasteiger partial charge in [-0.15, -0.1) is 0 Å². The average Bonchev–Trinajstić information content (AvgIpc) is 2.58. The number of hydrogen-bond donors (Lipinski definition) is 1. The maximum absolute atomic E-state index is 12.8. The van der Waals surface area contributed by atoms with Gasteiger partial charge in [-0.2, -0.15) is 0 Å². The Morgan fingerprint density at radius 1 is 1.12 bits per heavy atom. The molecule has 25 heavy (non-hydrogen) atoms. The minimum absolute atomic E-state index is 0.0811. The van der Waals surface area contributed by atoms with Crippen molar-refractivity contribution in [2.75, 3.05) is 4.90 Å². The van der Waals surface area contributed by atoms with Crippen molar-refractivity contribution < 1.29 is 9.59 Å². The highest BCUT2D eigenvalue weighted by Gasteiger charge is 2.38. The van der Waals surface area contributed by atoms with Gasteiger partial charge < -0.3 is 5.32 Å². The largest absolute Gasteiger partial charge is 0.301 e. The Morgan fingerprint density at radius 3 is 2.56 bits per heavy atom. The average molecular weight is 351 g/mol. The van der Waals surface area contributed by atoms with E-state index in [4.69, 9.17) is 12.2 Å². The third kappa shape index (κ3) is 3.49. The van der Waals surface area contributed by atoms with Gasteiger partial charge in [-0.1, -0.05) is 30.3 Å². The van der Waals surface area contributed by atoms with E-state index < -0.39 is 17.7 Å². The van der Waals surface area contributed by atoms with Crippen molar-refractivity contribution in [1.29, 1.82) is 0 Å². The fraction of sp³-hybridized carbons (Fsp3) is 0.158. The molecule has 2 amide bonds. The van der Waals surface area contributed by atoms with E-state index in [1.165, 1.54) is 11.1 Å². The van der Waals surface area contributed by atoms with Crippen LogP contribution >= 0.6 is 12.2 Å². The zero-order valence-corrected chi connectivity index (χ0v) is 14.7. The Labute approximate surface area is 151 Å². The number of para-hydroxylation sites is 1. The third-order valence-corrected chi connectivity index (χ3v) is 4.23. The van der Waals surface area contributed by atoms with Gasteiger partial charge in [0.1, 0.15) is 0 Å². The lowest BCUT2D eigenvalue weighted by molar-refractivity contribution is -0.130. The van der Waals surface area contributed by atoms with Gasteiger partial charge in [-0.05, 0) is 55.4 Å². The summed E-state index contributed by atoms with van der Waals surface area (Å²) in [6.45, 7) is 3.90. The molecule has 3 rings (SSSR count). The molecule has 1 atom stereocenters. The van der Waals surface area contributed by atoms with Crippen LogP contribution in [-0.2, 0) is 9.59 Å². The number of anilines is 1. The minimum Gasteiger partial charge on any atom is -0.301 e. The summed E-state index contributed by atoms with van der Waals surface area (Å²) in [7, 11) is 0. The molecule has 5 nitrogen and oxygen atoms in total. The Balaban J connectivity index is 1.91. The molecule has 0 aromatic heterocycles. The van der Waals surface area contributed by atoms with Crippen molar-refractivity contribution in [2.45, 2.75) is 13.8 Å². The smallest absolute Gasteiger partial charge is 0.251 e. The Morgan fingerprint density at radius 2 is 1.84 bits per heavy atom. The molecule has 0 aliphatic carbocycles. The zero-order chi connectivity index (χ0) is 18.0. The van der Waals surface area contributed by atoms with Crippen LogP contribution in [0.2, 0.25) is 0 Å². The molecule has 6 heteroatoms. The number of carbonyl (C=O) groups excluding carboxylic acids is 2. The second-order valence-corrected chi connectivity index (χ2v) is 6.24. The van der Waals surface area contributed by atoms with E-state index in [1.54, 1.807) is 24.3 Å². The quantitative estimate of drug-likeness (QED) is 0.525. The number of aliphatic imine (C=N–C) groups is 1. The van der Waals surface area contributed by atoms with Crippen molar-refractivity contribution in [1.82, 2.24) is 5.32 Å². The Hall–Kier alpha value is -2.86. The number of benzene rings is 2. The molecule has 126 valence electrons. The SMILES string of the molecule is Cc1ccc(C)c(N=C[C@@H]2C(=O)NC(=S)N(c3ccccc3)C2=O)c1. The number of carbonyl (C=O) groups is 2. The first-order valence-electron chi connectivity index (χ1n) is 7.82. The summed E-state index contributed by atoms with van der Waals surface area (Å²) in [6.07, 6.45) is 1.39. The molecule has 0 saturated carbocycles. The minimum atomic E-state index is -1.02. The molecule has 1 heterocycles. The van der Waals surface area contributed by atoms with Crippen LogP contribution in [0.5, 0.6) is 0 Å². The topological polar surface area (TPSA) is 61.8 Å². The lowest BCUT2D eigenvalue weighted by Gasteiger charge is -2.30. The molecule has 0 bridgehead atoms. The van der Waals surface area contributed by atoms with Gasteiger partial charge in [0.2, 0.25) is 5.91 Å². The number of hydrogen-bond acceptors (Lipinski definition) is 4. The number of nitrogens with zero attached hydrogens (tertiary/aromatic N) is 2. The Bertz CT molecular complexity index is 877. The summed E-state index contributed by atoms with van der Waals surface area (Å²) in [6, 6.07) is 14.8. The van der Waals surface area contributed by atoms with Gasteiger partial charge in [0.15, 0.2) is 11.0 Å². The van der Waals surface area contributed by atoms with E-state index >= 15 is 0 Å². The summed E-state index contributed by atoms with van der Waals surface area (Å²) in [5.74, 6) is -1.89. The summed E-state index contributed by atoms with van der Waals surface area (Å²) in [4.78, 5) is 30.7. The summed E-state index contributed by atoms with van der Waals surface area (Å²) in [5, 5.41) is 2.66. The number of rotatable bonds is 3. The second-order valence-electron chi connectivity index (χ2n) is 5.85. The molecule has 1 N–H and O–H groups in total. The second kappa shape index (κ2) is 6.94. The van der Waals surface area contributed by atoms with E-state index in [9.17, 15) is 9.59 Å². The van der Waals surface area contributed by atoms with Gasteiger partial charge >= 0.3 is 0 Å². The van der Waals surface area contributed by atoms with Crippen LogP contribution in [0.15, 0.2) is 53.5 Å². The lowest BCUT2D eigenvalue weighted by atomic mass is 10.1.